The van der Waals surface area contributed by atoms with Crippen LogP contribution in [0.4, 0.5) is 13.2 Å². The van der Waals surface area contributed by atoms with Crippen LogP contribution in [0.1, 0.15) is 5.69 Å². The van der Waals surface area contributed by atoms with Crippen LogP contribution in [-0.4, -0.2) is 18.5 Å². The fourth-order valence-electron chi connectivity index (χ4n) is 0.943. The Morgan fingerprint density at radius 2 is 2.12 bits per heavy atom. The standard InChI is InChI=1S/C8H6BrF3INO2/c1-15-7-4(13)2-6(5(3-9)14-7)16-8(10,11)12/h2H,3H2,1H3. The largest absolute Gasteiger partial charge is 0.573 e. The summed E-state index contributed by atoms with van der Waals surface area (Å²) in [5, 5.41) is 0.145. The van der Waals surface area contributed by atoms with Gasteiger partial charge in [-0.1, -0.05) is 15.9 Å². The quantitative estimate of drug-likeness (QED) is 0.563. The predicted molar refractivity (Wildman–Crippen MR) is 62.8 cm³/mol. The van der Waals surface area contributed by atoms with Crippen molar-refractivity contribution in [2.75, 3.05) is 7.11 Å². The normalized spacial score (nSPS) is 11.4. The minimum atomic E-state index is -4.73. The van der Waals surface area contributed by atoms with Gasteiger partial charge >= 0.3 is 6.36 Å². The number of aromatic nitrogens is 1. The first-order chi connectivity index (χ1) is 7.37. The van der Waals surface area contributed by atoms with Crippen LogP contribution in [0.15, 0.2) is 6.07 Å². The second-order valence-corrected chi connectivity index (χ2v) is 4.33. The number of alkyl halides is 4. The summed E-state index contributed by atoms with van der Waals surface area (Å²) in [6.07, 6.45) is -4.73. The lowest BCUT2D eigenvalue weighted by molar-refractivity contribution is -0.275. The molecule has 1 aromatic rings. The highest BCUT2D eigenvalue weighted by Gasteiger charge is 2.32. The molecule has 0 saturated heterocycles. The predicted octanol–water partition coefficient (Wildman–Crippen LogP) is 3.49. The van der Waals surface area contributed by atoms with Gasteiger partial charge in [-0.05, 0) is 22.6 Å². The van der Waals surface area contributed by atoms with Gasteiger partial charge in [-0.25, -0.2) is 4.98 Å². The van der Waals surface area contributed by atoms with Crippen molar-refractivity contribution in [1.82, 2.24) is 4.98 Å². The van der Waals surface area contributed by atoms with Crippen LogP contribution in [0.5, 0.6) is 11.6 Å². The third-order valence-electron chi connectivity index (χ3n) is 1.53. The molecule has 0 atom stereocenters. The van der Waals surface area contributed by atoms with E-state index in [0.717, 1.165) is 0 Å². The maximum atomic E-state index is 12.1. The molecular formula is C8H6BrF3INO2. The van der Waals surface area contributed by atoms with E-state index in [2.05, 4.69) is 25.7 Å². The third kappa shape index (κ3) is 3.65. The van der Waals surface area contributed by atoms with Crippen molar-refractivity contribution in [3.63, 3.8) is 0 Å². The Balaban J connectivity index is 3.13. The van der Waals surface area contributed by atoms with Gasteiger partial charge in [0.05, 0.1) is 16.4 Å². The highest BCUT2D eigenvalue weighted by Crippen LogP contribution is 2.31. The zero-order valence-electron chi connectivity index (χ0n) is 7.94. The van der Waals surface area contributed by atoms with Crippen LogP contribution in [0.2, 0.25) is 0 Å². The summed E-state index contributed by atoms with van der Waals surface area (Å²) in [7, 11) is 1.40. The molecule has 0 spiro atoms. The van der Waals surface area contributed by atoms with Crippen molar-refractivity contribution in [2.24, 2.45) is 0 Å². The van der Waals surface area contributed by atoms with E-state index in [9.17, 15) is 13.2 Å². The van der Waals surface area contributed by atoms with E-state index in [1.807, 2.05) is 22.6 Å². The lowest BCUT2D eigenvalue weighted by Gasteiger charge is -2.13. The minimum Gasteiger partial charge on any atom is -0.480 e. The number of hydrogen-bond acceptors (Lipinski definition) is 3. The van der Waals surface area contributed by atoms with Gasteiger partial charge in [0, 0.05) is 11.4 Å². The minimum absolute atomic E-state index is 0.134. The lowest BCUT2D eigenvalue weighted by Crippen LogP contribution is -2.18. The van der Waals surface area contributed by atoms with E-state index in [0.29, 0.717) is 3.57 Å². The molecule has 0 N–H and O–H groups in total. The highest BCUT2D eigenvalue weighted by atomic mass is 127. The Hall–Kier alpha value is -0.250. The van der Waals surface area contributed by atoms with Gasteiger partial charge in [0.2, 0.25) is 5.88 Å². The molecule has 0 aliphatic carbocycles. The molecule has 16 heavy (non-hydrogen) atoms. The van der Waals surface area contributed by atoms with Crippen LogP contribution in [-0.2, 0) is 5.33 Å². The zero-order valence-corrected chi connectivity index (χ0v) is 11.7. The van der Waals surface area contributed by atoms with E-state index < -0.39 is 6.36 Å². The average molecular weight is 412 g/mol. The molecular weight excluding hydrogens is 406 g/mol. The smallest absolute Gasteiger partial charge is 0.480 e. The number of pyridine rings is 1. The number of ether oxygens (including phenoxy) is 2. The topological polar surface area (TPSA) is 31.4 Å². The molecule has 0 unspecified atom stereocenters. The van der Waals surface area contributed by atoms with Crippen LogP contribution in [0.3, 0.4) is 0 Å². The lowest BCUT2D eigenvalue weighted by atomic mass is 10.3. The molecule has 90 valence electrons. The number of halogens is 5. The van der Waals surface area contributed by atoms with Crippen molar-refractivity contribution in [1.29, 1.82) is 0 Å². The van der Waals surface area contributed by atoms with Gasteiger partial charge in [-0.15, -0.1) is 13.2 Å². The maximum Gasteiger partial charge on any atom is 0.573 e. The Kier molecular flexibility index (Phi) is 4.65. The van der Waals surface area contributed by atoms with Crippen molar-refractivity contribution < 1.29 is 22.6 Å². The molecule has 0 aliphatic rings. The van der Waals surface area contributed by atoms with Gasteiger partial charge in [0.25, 0.3) is 0 Å². The zero-order chi connectivity index (χ0) is 12.3. The second kappa shape index (κ2) is 5.39. The summed E-state index contributed by atoms with van der Waals surface area (Å²) in [4.78, 5) is 3.89. The van der Waals surface area contributed by atoms with Crippen LogP contribution >= 0.6 is 38.5 Å². The fraction of sp³-hybridized carbons (Fsp3) is 0.375. The second-order valence-electron chi connectivity index (χ2n) is 2.61. The third-order valence-corrected chi connectivity index (χ3v) is 2.83. The first-order valence-corrected chi connectivity index (χ1v) is 6.12. The van der Waals surface area contributed by atoms with Gasteiger partial charge < -0.3 is 9.47 Å². The van der Waals surface area contributed by atoms with Gasteiger partial charge in [0.15, 0.2) is 5.75 Å². The van der Waals surface area contributed by atoms with E-state index in [4.69, 9.17) is 4.74 Å². The SMILES string of the molecule is COc1nc(CBr)c(OC(F)(F)F)cc1I. The molecule has 0 saturated carbocycles. The summed E-state index contributed by atoms with van der Waals surface area (Å²) < 4.78 is 45.4. The monoisotopic (exact) mass is 411 g/mol. The molecule has 0 amide bonds. The van der Waals surface area contributed by atoms with E-state index in [1.165, 1.54) is 13.2 Å². The summed E-state index contributed by atoms with van der Waals surface area (Å²) in [5.74, 6) is -0.0563. The van der Waals surface area contributed by atoms with Crippen molar-refractivity contribution in [2.45, 2.75) is 11.7 Å². The molecule has 1 rings (SSSR count). The number of rotatable bonds is 3. The summed E-state index contributed by atoms with van der Waals surface area (Å²) >= 11 is 4.86. The summed E-state index contributed by atoms with van der Waals surface area (Å²) in [5.41, 5.74) is 0.134. The molecule has 0 aliphatic heterocycles. The van der Waals surface area contributed by atoms with Crippen molar-refractivity contribution in [3.05, 3.63) is 15.3 Å². The van der Waals surface area contributed by atoms with Gasteiger partial charge in [-0.2, -0.15) is 0 Å². The van der Waals surface area contributed by atoms with Crippen molar-refractivity contribution >= 4 is 38.5 Å². The molecule has 1 aromatic heterocycles. The summed E-state index contributed by atoms with van der Waals surface area (Å²) in [6, 6.07) is 1.23. The maximum absolute atomic E-state index is 12.1. The molecule has 0 fully saturated rings. The Morgan fingerprint density at radius 3 is 2.56 bits per heavy atom. The number of methoxy groups -OCH3 is 1. The van der Waals surface area contributed by atoms with Crippen LogP contribution in [0, 0.1) is 3.57 Å². The van der Waals surface area contributed by atoms with Gasteiger partial charge in [-0.3, -0.25) is 0 Å². The van der Waals surface area contributed by atoms with Crippen molar-refractivity contribution in [3.8, 4) is 11.6 Å². The average Bonchev–Trinajstić information content (AvgIpc) is 2.16. The van der Waals surface area contributed by atoms with E-state index >= 15 is 0 Å². The number of hydrogen-bond donors (Lipinski definition) is 0. The van der Waals surface area contributed by atoms with Crippen LogP contribution in [0.25, 0.3) is 0 Å². The summed E-state index contributed by atoms with van der Waals surface area (Å²) in [6.45, 7) is 0. The van der Waals surface area contributed by atoms with E-state index in [1.54, 1.807) is 0 Å². The van der Waals surface area contributed by atoms with Crippen LogP contribution < -0.4 is 9.47 Å². The van der Waals surface area contributed by atoms with Gasteiger partial charge in [0.1, 0.15) is 0 Å². The van der Waals surface area contributed by atoms with E-state index in [-0.39, 0.29) is 22.7 Å². The molecule has 8 heteroatoms. The molecule has 0 bridgehead atoms. The fourth-order valence-corrected chi connectivity index (χ4v) is 1.97. The number of nitrogens with zero attached hydrogens (tertiary/aromatic N) is 1. The molecule has 0 aromatic carbocycles. The highest BCUT2D eigenvalue weighted by molar-refractivity contribution is 14.1. The Labute approximate surface area is 112 Å². The Bertz CT molecular complexity index is 386. The Morgan fingerprint density at radius 1 is 1.50 bits per heavy atom. The molecule has 3 nitrogen and oxygen atoms in total. The molecule has 0 radical (unpaired) electrons. The first kappa shape index (κ1) is 13.8. The first-order valence-electron chi connectivity index (χ1n) is 3.92. The molecule has 1 heterocycles.